The van der Waals surface area contributed by atoms with Crippen LogP contribution in [0.25, 0.3) is 5.69 Å². The van der Waals surface area contributed by atoms with Crippen molar-refractivity contribution in [2.45, 2.75) is 13.5 Å². The van der Waals surface area contributed by atoms with Gasteiger partial charge in [-0.15, -0.1) is 5.10 Å². The lowest BCUT2D eigenvalue weighted by atomic mass is 10.2. The summed E-state index contributed by atoms with van der Waals surface area (Å²) in [6, 6.07) is 6.03. The van der Waals surface area contributed by atoms with Crippen molar-refractivity contribution in [3.8, 4) is 5.69 Å². The molecular formula is C10H11BrN4. The van der Waals surface area contributed by atoms with Crippen molar-refractivity contribution in [1.29, 1.82) is 0 Å². The van der Waals surface area contributed by atoms with E-state index in [2.05, 4.69) is 26.2 Å². The molecule has 2 N–H and O–H groups in total. The smallest absolute Gasteiger partial charge is 0.0781 e. The molecule has 0 saturated heterocycles. The maximum absolute atomic E-state index is 5.59. The highest BCUT2D eigenvalue weighted by atomic mass is 79.9. The normalized spacial score (nSPS) is 10.6. The van der Waals surface area contributed by atoms with Gasteiger partial charge in [0.1, 0.15) is 0 Å². The summed E-state index contributed by atoms with van der Waals surface area (Å²) in [5, 5.41) is 7.83. The SMILES string of the molecule is Cc1ccc(-n2nncc2CN)cc1Br. The Labute approximate surface area is 96.2 Å². The minimum Gasteiger partial charge on any atom is -0.325 e. The highest BCUT2D eigenvalue weighted by molar-refractivity contribution is 9.10. The van der Waals surface area contributed by atoms with E-state index < -0.39 is 0 Å². The fourth-order valence-corrected chi connectivity index (χ4v) is 1.69. The topological polar surface area (TPSA) is 56.7 Å². The Balaban J connectivity index is 2.50. The number of benzene rings is 1. The number of nitrogens with zero attached hydrogens (tertiary/aromatic N) is 3. The number of halogens is 1. The van der Waals surface area contributed by atoms with Crippen molar-refractivity contribution in [3.05, 3.63) is 40.1 Å². The average molecular weight is 267 g/mol. The molecular weight excluding hydrogens is 256 g/mol. The Morgan fingerprint density at radius 2 is 2.27 bits per heavy atom. The molecule has 5 heteroatoms. The second-order valence-electron chi connectivity index (χ2n) is 3.27. The summed E-state index contributed by atoms with van der Waals surface area (Å²) in [5.41, 5.74) is 8.63. The predicted molar refractivity (Wildman–Crippen MR) is 61.7 cm³/mol. The molecule has 0 saturated carbocycles. The van der Waals surface area contributed by atoms with Crippen molar-refractivity contribution in [3.63, 3.8) is 0 Å². The molecule has 1 aromatic heterocycles. The van der Waals surface area contributed by atoms with E-state index in [9.17, 15) is 0 Å². The second kappa shape index (κ2) is 4.12. The highest BCUT2D eigenvalue weighted by Crippen LogP contribution is 2.20. The second-order valence-corrected chi connectivity index (χ2v) is 4.13. The van der Waals surface area contributed by atoms with Gasteiger partial charge in [0.25, 0.3) is 0 Å². The monoisotopic (exact) mass is 266 g/mol. The molecule has 0 fully saturated rings. The van der Waals surface area contributed by atoms with Gasteiger partial charge in [0.15, 0.2) is 0 Å². The molecule has 0 radical (unpaired) electrons. The molecule has 4 nitrogen and oxygen atoms in total. The van der Waals surface area contributed by atoms with Crippen molar-refractivity contribution in [2.24, 2.45) is 5.73 Å². The first kappa shape index (κ1) is 10.3. The summed E-state index contributed by atoms with van der Waals surface area (Å²) < 4.78 is 2.79. The van der Waals surface area contributed by atoms with Crippen LogP contribution < -0.4 is 5.73 Å². The maximum Gasteiger partial charge on any atom is 0.0781 e. The Morgan fingerprint density at radius 3 is 2.93 bits per heavy atom. The lowest BCUT2D eigenvalue weighted by molar-refractivity contribution is 0.761. The van der Waals surface area contributed by atoms with Gasteiger partial charge in [0.2, 0.25) is 0 Å². The van der Waals surface area contributed by atoms with Gasteiger partial charge in [0, 0.05) is 11.0 Å². The van der Waals surface area contributed by atoms with Crippen LogP contribution in [0, 0.1) is 6.92 Å². The Kier molecular flexibility index (Phi) is 2.83. The number of rotatable bonds is 2. The molecule has 2 rings (SSSR count). The van der Waals surface area contributed by atoms with Crippen LogP contribution >= 0.6 is 15.9 Å². The number of aromatic nitrogens is 3. The first-order valence-electron chi connectivity index (χ1n) is 4.58. The van der Waals surface area contributed by atoms with Crippen molar-refractivity contribution in [1.82, 2.24) is 15.0 Å². The largest absolute Gasteiger partial charge is 0.325 e. The van der Waals surface area contributed by atoms with Gasteiger partial charge in [-0.3, -0.25) is 0 Å². The number of nitrogens with two attached hydrogens (primary N) is 1. The molecule has 0 aliphatic carbocycles. The van der Waals surface area contributed by atoms with Gasteiger partial charge in [-0.1, -0.05) is 27.2 Å². The third kappa shape index (κ3) is 1.93. The minimum absolute atomic E-state index is 0.429. The van der Waals surface area contributed by atoms with E-state index in [-0.39, 0.29) is 0 Å². The van der Waals surface area contributed by atoms with Crippen LogP contribution in [0.1, 0.15) is 11.3 Å². The van der Waals surface area contributed by atoms with Crippen LogP contribution in [0.5, 0.6) is 0 Å². The van der Waals surface area contributed by atoms with E-state index in [1.807, 2.05) is 25.1 Å². The van der Waals surface area contributed by atoms with E-state index in [4.69, 9.17) is 5.73 Å². The average Bonchev–Trinajstić information content (AvgIpc) is 2.70. The zero-order valence-electron chi connectivity index (χ0n) is 8.31. The fourth-order valence-electron chi connectivity index (χ4n) is 1.33. The van der Waals surface area contributed by atoms with Crippen molar-refractivity contribution >= 4 is 15.9 Å². The fraction of sp³-hybridized carbons (Fsp3) is 0.200. The Morgan fingerprint density at radius 1 is 1.47 bits per heavy atom. The van der Waals surface area contributed by atoms with Gasteiger partial charge >= 0.3 is 0 Å². The van der Waals surface area contributed by atoms with Crippen LogP contribution in [0.2, 0.25) is 0 Å². The quantitative estimate of drug-likeness (QED) is 0.902. The number of hydrogen-bond donors (Lipinski definition) is 1. The van der Waals surface area contributed by atoms with Crippen LogP contribution in [-0.2, 0) is 6.54 Å². The zero-order chi connectivity index (χ0) is 10.8. The number of hydrogen-bond acceptors (Lipinski definition) is 3. The summed E-state index contributed by atoms with van der Waals surface area (Å²) in [6.07, 6.45) is 1.67. The van der Waals surface area contributed by atoms with Crippen LogP contribution in [-0.4, -0.2) is 15.0 Å². The van der Waals surface area contributed by atoms with Gasteiger partial charge in [-0.25, -0.2) is 4.68 Å². The molecule has 78 valence electrons. The molecule has 0 bridgehead atoms. The third-order valence-corrected chi connectivity index (χ3v) is 3.08. The molecule has 0 atom stereocenters. The summed E-state index contributed by atoms with van der Waals surface area (Å²) in [4.78, 5) is 0. The van der Waals surface area contributed by atoms with Gasteiger partial charge < -0.3 is 5.73 Å². The molecule has 1 heterocycles. The molecule has 0 unspecified atom stereocenters. The third-order valence-electron chi connectivity index (χ3n) is 2.23. The van der Waals surface area contributed by atoms with E-state index in [1.165, 1.54) is 5.56 Å². The first-order chi connectivity index (χ1) is 7.22. The lowest BCUT2D eigenvalue weighted by Gasteiger charge is -2.06. The molecule has 0 amide bonds. The minimum atomic E-state index is 0.429. The Hall–Kier alpha value is -1.20. The van der Waals surface area contributed by atoms with Gasteiger partial charge in [0.05, 0.1) is 17.6 Å². The molecule has 1 aromatic carbocycles. The first-order valence-corrected chi connectivity index (χ1v) is 5.38. The summed E-state index contributed by atoms with van der Waals surface area (Å²) in [7, 11) is 0. The van der Waals surface area contributed by atoms with Crippen LogP contribution in [0.3, 0.4) is 0 Å². The molecule has 0 spiro atoms. The van der Waals surface area contributed by atoms with E-state index >= 15 is 0 Å². The number of aryl methyl sites for hydroxylation is 1. The van der Waals surface area contributed by atoms with Crippen molar-refractivity contribution in [2.75, 3.05) is 0 Å². The standard InChI is InChI=1S/C10H11BrN4/c1-7-2-3-8(4-10(7)11)15-9(5-12)6-13-14-15/h2-4,6H,5,12H2,1H3. The summed E-state index contributed by atoms with van der Waals surface area (Å²) in [6.45, 7) is 2.47. The zero-order valence-corrected chi connectivity index (χ0v) is 9.90. The maximum atomic E-state index is 5.59. The van der Waals surface area contributed by atoms with Gasteiger partial charge in [-0.05, 0) is 24.6 Å². The lowest BCUT2D eigenvalue weighted by Crippen LogP contribution is -2.06. The van der Waals surface area contributed by atoms with Crippen LogP contribution in [0.15, 0.2) is 28.9 Å². The van der Waals surface area contributed by atoms with E-state index in [1.54, 1.807) is 10.9 Å². The molecule has 2 aromatic rings. The summed E-state index contributed by atoms with van der Waals surface area (Å²) >= 11 is 3.49. The Bertz CT molecular complexity index is 478. The van der Waals surface area contributed by atoms with E-state index in [0.717, 1.165) is 15.9 Å². The van der Waals surface area contributed by atoms with Crippen molar-refractivity contribution < 1.29 is 0 Å². The molecule has 0 aliphatic heterocycles. The van der Waals surface area contributed by atoms with Crippen LogP contribution in [0.4, 0.5) is 0 Å². The molecule has 15 heavy (non-hydrogen) atoms. The molecule has 0 aliphatic rings. The van der Waals surface area contributed by atoms with Gasteiger partial charge in [-0.2, -0.15) is 0 Å². The predicted octanol–water partition coefficient (Wildman–Crippen LogP) is 1.80. The summed E-state index contributed by atoms with van der Waals surface area (Å²) in [5.74, 6) is 0. The highest BCUT2D eigenvalue weighted by Gasteiger charge is 2.05. The van der Waals surface area contributed by atoms with E-state index in [0.29, 0.717) is 6.54 Å².